The minimum Gasteiger partial charge on any atom is -0.496 e. The van der Waals surface area contributed by atoms with Gasteiger partial charge >= 0.3 is 11.7 Å². The molecule has 2 rings (SSSR count). The van der Waals surface area contributed by atoms with Gasteiger partial charge in [0.1, 0.15) is 24.2 Å². The van der Waals surface area contributed by atoms with Crippen molar-refractivity contribution < 1.29 is 19.2 Å². The van der Waals surface area contributed by atoms with Gasteiger partial charge in [-0.3, -0.25) is 19.6 Å². The lowest BCUT2D eigenvalue weighted by molar-refractivity contribution is -0.385. The van der Waals surface area contributed by atoms with Crippen molar-refractivity contribution in [3.8, 4) is 5.75 Å². The van der Waals surface area contributed by atoms with Crippen LogP contribution in [0.3, 0.4) is 0 Å². The van der Waals surface area contributed by atoms with Crippen LogP contribution in [-0.2, 0) is 22.5 Å². The van der Waals surface area contributed by atoms with Crippen molar-refractivity contribution >= 4 is 11.7 Å². The van der Waals surface area contributed by atoms with Gasteiger partial charge in [-0.1, -0.05) is 12.1 Å². The molecule has 2 aromatic rings. The average molecular weight is 348 g/mol. The Balaban J connectivity index is 2.18. The Kier molecular flexibility index (Phi) is 6.07. The molecule has 0 spiro atoms. The number of benzene rings is 1. The van der Waals surface area contributed by atoms with Crippen LogP contribution < -0.4 is 10.5 Å². The van der Waals surface area contributed by atoms with Crippen LogP contribution in [0, 0.1) is 10.1 Å². The first kappa shape index (κ1) is 18.4. The molecule has 9 nitrogen and oxygen atoms in total. The van der Waals surface area contributed by atoms with Crippen molar-refractivity contribution in [2.45, 2.75) is 25.9 Å². The zero-order valence-corrected chi connectivity index (χ0v) is 14.0. The van der Waals surface area contributed by atoms with Crippen LogP contribution in [0.25, 0.3) is 0 Å². The molecule has 0 aliphatic heterocycles. The molecule has 9 heteroatoms. The highest BCUT2D eigenvalue weighted by atomic mass is 16.6. The predicted octanol–water partition coefficient (Wildman–Crippen LogP) is 1.28. The van der Waals surface area contributed by atoms with E-state index in [1.54, 1.807) is 13.0 Å². The number of ether oxygens (including phenoxy) is 2. The minimum atomic E-state index is -0.757. The second-order valence-electron chi connectivity index (χ2n) is 5.36. The molecule has 1 aromatic heterocycles. The number of methoxy groups -OCH3 is 1. The smallest absolute Gasteiger partial charge is 0.323 e. The van der Waals surface area contributed by atoms with E-state index in [1.807, 2.05) is 12.1 Å². The number of hydrogen-bond donors (Lipinski definition) is 1. The van der Waals surface area contributed by atoms with E-state index < -0.39 is 16.9 Å². The second-order valence-corrected chi connectivity index (χ2v) is 5.36. The summed E-state index contributed by atoms with van der Waals surface area (Å²) < 4.78 is 11.7. The van der Waals surface area contributed by atoms with Crippen LogP contribution in [0.1, 0.15) is 18.1 Å². The monoisotopic (exact) mass is 348 g/mol. The molecule has 1 unspecified atom stereocenters. The molecule has 0 radical (unpaired) electrons. The van der Waals surface area contributed by atoms with Gasteiger partial charge in [0.25, 0.3) is 0 Å². The second kappa shape index (κ2) is 8.25. The number of aromatic nitrogens is 2. The molecule has 1 aromatic carbocycles. The minimum absolute atomic E-state index is 0.0838. The van der Waals surface area contributed by atoms with E-state index in [2.05, 4.69) is 5.10 Å². The first-order valence-corrected chi connectivity index (χ1v) is 7.69. The van der Waals surface area contributed by atoms with Gasteiger partial charge in [-0.2, -0.15) is 5.10 Å². The van der Waals surface area contributed by atoms with Crippen molar-refractivity contribution in [3.05, 3.63) is 51.8 Å². The van der Waals surface area contributed by atoms with Crippen LogP contribution in [0.15, 0.2) is 30.6 Å². The summed E-state index contributed by atoms with van der Waals surface area (Å²) >= 11 is 0. The molecule has 134 valence electrons. The Morgan fingerprint density at radius 1 is 1.48 bits per heavy atom. The van der Waals surface area contributed by atoms with E-state index in [1.165, 1.54) is 24.2 Å². The molecule has 0 amide bonds. The maximum Gasteiger partial charge on any atom is 0.323 e. The molecule has 0 aliphatic rings. The highest BCUT2D eigenvalue weighted by molar-refractivity contribution is 5.75. The predicted molar refractivity (Wildman–Crippen MR) is 89.3 cm³/mol. The highest BCUT2D eigenvalue weighted by Gasteiger charge is 2.17. The zero-order valence-electron chi connectivity index (χ0n) is 14.0. The molecule has 0 bridgehead atoms. The van der Waals surface area contributed by atoms with Crippen molar-refractivity contribution in [1.82, 2.24) is 9.78 Å². The molecule has 1 heterocycles. The van der Waals surface area contributed by atoms with E-state index in [-0.39, 0.29) is 12.3 Å². The number of hydrogen-bond acceptors (Lipinski definition) is 7. The highest BCUT2D eigenvalue weighted by Crippen LogP contribution is 2.22. The van der Waals surface area contributed by atoms with Gasteiger partial charge in [0.05, 0.1) is 25.2 Å². The van der Waals surface area contributed by atoms with Crippen LogP contribution in [0.5, 0.6) is 5.75 Å². The van der Waals surface area contributed by atoms with Crippen LogP contribution in [-0.4, -0.2) is 40.4 Å². The third kappa shape index (κ3) is 4.77. The van der Waals surface area contributed by atoms with Gasteiger partial charge in [0, 0.05) is 5.56 Å². The van der Waals surface area contributed by atoms with Gasteiger partial charge < -0.3 is 15.2 Å². The Bertz CT molecular complexity index is 759. The van der Waals surface area contributed by atoms with E-state index in [0.717, 1.165) is 11.1 Å². The zero-order chi connectivity index (χ0) is 18.4. The number of nitrogens with two attached hydrogens (primary N) is 1. The van der Waals surface area contributed by atoms with E-state index in [0.29, 0.717) is 18.7 Å². The molecule has 0 saturated carbocycles. The Labute approximate surface area is 144 Å². The van der Waals surface area contributed by atoms with Crippen LogP contribution >= 0.6 is 0 Å². The quantitative estimate of drug-likeness (QED) is 0.433. The van der Waals surface area contributed by atoms with Gasteiger partial charge in [0.15, 0.2) is 0 Å². The maximum absolute atomic E-state index is 11.7. The van der Waals surface area contributed by atoms with Gasteiger partial charge in [-0.15, -0.1) is 0 Å². The summed E-state index contributed by atoms with van der Waals surface area (Å²) in [4.78, 5) is 21.9. The average Bonchev–Trinajstić information content (AvgIpc) is 3.04. The van der Waals surface area contributed by atoms with Crippen molar-refractivity contribution in [2.24, 2.45) is 5.73 Å². The molecule has 2 N–H and O–H groups in total. The fraction of sp³-hybridized carbons (Fsp3) is 0.375. The van der Waals surface area contributed by atoms with E-state index in [4.69, 9.17) is 15.2 Å². The normalized spacial score (nSPS) is 11.8. The van der Waals surface area contributed by atoms with E-state index >= 15 is 0 Å². The molecule has 0 aliphatic carbocycles. The summed E-state index contributed by atoms with van der Waals surface area (Å²) in [6, 6.07) is 4.66. The molecule has 0 saturated heterocycles. The number of carbonyl (C=O) groups is 1. The maximum atomic E-state index is 11.7. The Morgan fingerprint density at radius 2 is 2.24 bits per heavy atom. The van der Waals surface area contributed by atoms with Gasteiger partial charge in [-0.25, -0.2) is 0 Å². The SMILES string of the molecule is CCOC(=O)C(N)Cc1ccc(OC)c(Cn2cc([N+](=O)[O-])cn2)c1. The summed E-state index contributed by atoms with van der Waals surface area (Å²) in [5.74, 6) is 0.161. The topological polar surface area (TPSA) is 123 Å². The lowest BCUT2D eigenvalue weighted by atomic mass is 10.0. The fourth-order valence-corrected chi connectivity index (χ4v) is 2.38. The standard InChI is InChI=1S/C16H20N4O5/c1-3-25-16(21)14(17)7-11-4-5-15(24-2)12(6-11)9-19-10-13(8-18-19)20(22)23/h4-6,8,10,14H,3,7,9,17H2,1-2H3. The van der Waals surface area contributed by atoms with Gasteiger partial charge in [0.2, 0.25) is 0 Å². The lowest BCUT2D eigenvalue weighted by Crippen LogP contribution is -2.34. The first-order valence-electron chi connectivity index (χ1n) is 7.69. The fourth-order valence-electron chi connectivity index (χ4n) is 2.38. The molecule has 1 atom stereocenters. The summed E-state index contributed by atoms with van der Waals surface area (Å²) in [6.07, 6.45) is 2.85. The number of esters is 1. The van der Waals surface area contributed by atoms with Crippen molar-refractivity contribution in [1.29, 1.82) is 0 Å². The van der Waals surface area contributed by atoms with Crippen molar-refractivity contribution in [2.75, 3.05) is 13.7 Å². The Morgan fingerprint density at radius 3 is 2.84 bits per heavy atom. The summed E-state index contributed by atoms with van der Waals surface area (Å²) in [7, 11) is 1.54. The molecule has 25 heavy (non-hydrogen) atoms. The third-order valence-electron chi connectivity index (χ3n) is 3.55. The third-order valence-corrected chi connectivity index (χ3v) is 3.55. The number of nitrogens with zero attached hydrogens (tertiary/aromatic N) is 3. The first-order chi connectivity index (χ1) is 11.9. The molecular formula is C16H20N4O5. The van der Waals surface area contributed by atoms with Crippen molar-refractivity contribution in [3.63, 3.8) is 0 Å². The number of rotatable bonds is 8. The number of nitro groups is 1. The largest absolute Gasteiger partial charge is 0.496 e. The van der Waals surface area contributed by atoms with E-state index in [9.17, 15) is 14.9 Å². The summed E-state index contributed by atoms with van der Waals surface area (Å²) in [5, 5.41) is 14.7. The molecule has 0 fully saturated rings. The van der Waals surface area contributed by atoms with Crippen LogP contribution in [0.2, 0.25) is 0 Å². The lowest BCUT2D eigenvalue weighted by Gasteiger charge is -2.14. The molecular weight excluding hydrogens is 328 g/mol. The summed E-state index contributed by atoms with van der Waals surface area (Å²) in [5.41, 5.74) is 7.37. The Hall–Kier alpha value is -2.94. The number of carbonyl (C=O) groups excluding carboxylic acids is 1. The van der Waals surface area contributed by atoms with Crippen LogP contribution in [0.4, 0.5) is 5.69 Å². The van der Waals surface area contributed by atoms with Gasteiger partial charge in [-0.05, 0) is 25.0 Å². The summed E-state index contributed by atoms with van der Waals surface area (Å²) in [6.45, 7) is 2.29.